The number of carbonyl (C=O) groups is 1. The van der Waals surface area contributed by atoms with Gasteiger partial charge in [-0.25, -0.2) is 0 Å². The molecule has 0 heterocycles. The van der Waals surface area contributed by atoms with E-state index in [1.807, 2.05) is 55.5 Å². The van der Waals surface area contributed by atoms with Gasteiger partial charge in [0.05, 0.1) is 6.61 Å². The van der Waals surface area contributed by atoms with E-state index in [4.69, 9.17) is 9.47 Å². The molecule has 0 saturated carbocycles. The Hall–Kier alpha value is -3.47. The highest BCUT2D eigenvalue weighted by Gasteiger charge is 2.10. The van der Waals surface area contributed by atoms with Gasteiger partial charge in [0.25, 0.3) is 5.91 Å². The summed E-state index contributed by atoms with van der Waals surface area (Å²) in [5, 5.41) is 6.20. The molecular weight excluding hydrogens is 364 g/mol. The van der Waals surface area contributed by atoms with Crippen molar-refractivity contribution in [1.82, 2.24) is 0 Å². The minimum absolute atomic E-state index is 0.0874. The smallest absolute Gasteiger partial charge is 0.262 e. The number of nitrogens with one attached hydrogen (secondary N) is 2. The van der Waals surface area contributed by atoms with Crippen LogP contribution in [-0.4, -0.2) is 19.1 Å². The second-order valence-electron chi connectivity index (χ2n) is 6.64. The van der Waals surface area contributed by atoms with E-state index in [-0.39, 0.29) is 12.5 Å². The van der Waals surface area contributed by atoms with E-state index in [1.54, 1.807) is 0 Å². The monoisotopic (exact) mass is 390 g/mol. The van der Waals surface area contributed by atoms with Crippen LogP contribution in [0.15, 0.2) is 72.8 Å². The lowest BCUT2D eigenvalue weighted by molar-refractivity contribution is -0.118. The molecule has 1 amide bonds. The molecule has 0 saturated heterocycles. The van der Waals surface area contributed by atoms with Crippen molar-refractivity contribution in [2.75, 3.05) is 23.8 Å². The first-order chi connectivity index (χ1) is 14.1. The van der Waals surface area contributed by atoms with Crippen LogP contribution in [0.1, 0.15) is 18.1 Å². The molecule has 0 aliphatic heterocycles. The van der Waals surface area contributed by atoms with E-state index in [0.717, 1.165) is 16.9 Å². The van der Waals surface area contributed by atoms with Gasteiger partial charge in [-0.05, 0) is 55.8 Å². The number of aryl methyl sites for hydroxylation is 1. The summed E-state index contributed by atoms with van der Waals surface area (Å²) in [6.45, 7) is 5.08. The zero-order valence-electron chi connectivity index (χ0n) is 16.8. The van der Waals surface area contributed by atoms with Gasteiger partial charge in [0.1, 0.15) is 0 Å². The molecule has 0 unspecified atom stereocenters. The van der Waals surface area contributed by atoms with Crippen molar-refractivity contribution in [1.29, 1.82) is 0 Å². The van der Waals surface area contributed by atoms with Gasteiger partial charge in [-0.2, -0.15) is 0 Å². The molecule has 0 spiro atoms. The number of ether oxygens (including phenoxy) is 2. The predicted molar refractivity (Wildman–Crippen MR) is 117 cm³/mol. The molecule has 0 atom stereocenters. The Balaban J connectivity index is 1.59. The Bertz CT molecular complexity index is 925. The summed E-state index contributed by atoms with van der Waals surface area (Å²) < 4.78 is 11.4. The molecule has 2 N–H and O–H groups in total. The lowest BCUT2D eigenvalue weighted by Gasteiger charge is -2.14. The molecule has 0 fully saturated rings. The molecule has 3 rings (SSSR count). The minimum atomic E-state index is -0.219. The van der Waals surface area contributed by atoms with Crippen LogP contribution < -0.4 is 20.1 Å². The van der Waals surface area contributed by atoms with Gasteiger partial charge < -0.3 is 20.1 Å². The number of carbonyl (C=O) groups excluding carboxylic acids is 1. The van der Waals surface area contributed by atoms with Crippen molar-refractivity contribution in [2.45, 2.75) is 20.4 Å². The highest BCUT2D eigenvalue weighted by atomic mass is 16.5. The van der Waals surface area contributed by atoms with Crippen molar-refractivity contribution in [3.63, 3.8) is 0 Å². The molecule has 150 valence electrons. The van der Waals surface area contributed by atoms with Gasteiger partial charge in [-0.15, -0.1) is 0 Å². The second kappa shape index (κ2) is 10.2. The standard InChI is InChI=1S/C24H26N2O3/c1-3-28-23-15-19(16-25-20-12-9-18(2)10-13-20)11-14-22(23)29-17-24(27)26-21-7-5-4-6-8-21/h4-15,25H,3,16-17H2,1-2H3,(H,26,27). The Morgan fingerprint density at radius 3 is 2.34 bits per heavy atom. The molecule has 0 aromatic heterocycles. The van der Waals surface area contributed by atoms with Gasteiger partial charge in [0.15, 0.2) is 18.1 Å². The number of hydrogen-bond acceptors (Lipinski definition) is 4. The fourth-order valence-electron chi connectivity index (χ4n) is 2.79. The van der Waals surface area contributed by atoms with E-state index in [0.29, 0.717) is 24.7 Å². The third-order valence-electron chi connectivity index (χ3n) is 4.27. The highest BCUT2D eigenvalue weighted by Crippen LogP contribution is 2.29. The van der Waals surface area contributed by atoms with E-state index in [1.165, 1.54) is 5.56 Å². The number of hydrogen-bond donors (Lipinski definition) is 2. The quantitative estimate of drug-likeness (QED) is 0.538. The predicted octanol–water partition coefficient (Wildman–Crippen LogP) is 5.02. The topological polar surface area (TPSA) is 59.6 Å². The molecule has 5 nitrogen and oxygen atoms in total. The third kappa shape index (κ3) is 6.28. The average molecular weight is 390 g/mol. The number of amides is 1. The minimum Gasteiger partial charge on any atom is -0.490 e. The molecule has 0 aliphatic carbocycles. The SMILES string of the molecule is CCOc1cc(CNc2ccc(C)cc2)ccc1OCC(=O)Nc1ccccc1. The summed E-state index contributed by atoms with van der Waals surface area (Å²) in [5.41, 5.74) is 4.09. The Morgan fingerprint density at radius 2 is 1.62 bits per heavy atom. The maximum atomic E-state index is 12.1. The van der Waals surface area contributed by atoms with Crippen LogP contribution in [0.3, 0.4) is 0 Å². The van der Waals surface area contributed by atoms with Crippen LogP contribution >= 0.6 is 0 Å². The van der Waals surface area contributed by atoms with Crippen molar-refractivity contribution in [3.8, 4) is 11.5 Å². The summed E-state index contributed by atoms with van der Waals surface area (Å²) in [6.07, 6.45) is 0. The van der Waals surface area contributed by atoms with Crippen molar-refractivity contribution in [3.05, 3.63) is 83.9 Å². The maximum absolute atomic E-state index is 12.1. The Morgan fingerprint density at radius 1 is 0.862 bits per heavy atom. The fraction of sp³-hybridized carbons (Fsp3) is 0.208. The first-order valence-electron chi connectivity index (χ1n) is 9.68. The highest BCUT2D eigenvalue weighted by molar-refractivity contribution is 5.91. The van der Waals surface area contributed by atoms with Gasteiger partial charge in [0, 0.05) is 17.9 Å². The molecular formula is C24H26N2O3. The summed E-state index contributed by atoms with van der Waals surface area (Å²) >= 11 is 0. The van der Waals surface area contributed by atoms with Gasteiger partial charge in [0.2, 0.25) is 0 Å². The van der Waals surface area contributed by atoms with Gasteiger partial charge in [-0.3, -0.25) is 4.79 Å². The summed E-state index contributed by atoms with van der Waals surface area (Å²) in [6, 6.07) is 23.3. The van der Waals surface area contributed by atoms with E-state index in [9.17, 15) is 4.79 Å². The van der Waals surface area contributed by atoms with E-state index < -0.39 is 0 Å². The number of anilines is 2. The first kappa shape index (κ1) is 20.3. The number of para-hydroxylation sites is 1. The van der Waals surface area contributed by atoms with Crippen LogP contribution in [0.5, 0.6) is 11.5 Å². The van der Waals surface area contributed by atoms with Crippen LogP contribution in [0.4, 0.5) is 11.4 Å². The molecule has 3 aromatic carbocycles. The lowest BCUT2D eigenvalue weighted by Crippen LogP contribution is -2.20. The summed E-state index contributed by atoms with van der Waals surface area (Å²) in [4.78, 5) is 12.1. The Labute approximate surface area is 171 Å². The van der Waals surface area contributed by atoms with Gasteiger partial charge in [-0.1, -0.05) is 42.0 Å². The van der Waals surface area contributed by atoms with E-state index in [2.05, 4.69) is 41.8 Å². The maximum Gasteiger partial charge on any atom is 0.262 e. The van der Waals surface area contributed by atoms with Crippen molar-refractivity contribution < 1.29 is 14.3 Å². The molecule has 0 radical (unpaired) electrons. The first-order valence-corrected chi connectivity index (χ1v) is 9.68. The van der Waals surface area contributed by atoms with Gasteiger partial charge >= 0.3 is 0 Å². The normalized spacial score (nSPS) is 10.3. The zero-order chi connectivity index (χ0) is 20.5. The van der Waals surface area contributed by atoms with Crippen LogP contribution in [0.2, 0.25) is 0 Å². The fourth-order valence-corrected chi connectivity index (χ4v) is 2.79. The molecule has 3 aromatic rings. The van der Waals surface area contributed by atoms with E-state index >= 15 is 0 Å². The number of rotatable bonds is 9. The molecule has 0 bridgehead atoms. The van der Waals surface area contributed by atoms with Crippen LogP contribution in [0.25, 0.3) is 0 Å². The largest absolute Gasteiger partial charge is 0.490 e. The lowest BCUT2D eigenvalue weighted by atomic mass is 10.2. The average Bonchev–Trinajstić information content (AvgIpc) is 2.73. The molecule has 29 heavy (non-hydrogen) atoms. The third-order valence-corrected chi connectivity index (χ3v) is 4.27. The second-order valence-corrected chi connectivity index (χ2v) is 6.64. The van der Waals surface area contributed by atoms with Crippen molar-refractivity contribution >= 4 is 17.3 Å². The number of benzene rings is 3. The van der Waals surface area contributed by atoms with Crippen LogP contribution in [-0.2, 0) is 11.3 Å². The summed E-state index contributed by atoms with van der Waals surface area (Å²) in [7, 11) is 0. The molecule has 5 heteroatoms. The summed E-state index contributed by atoms with van der Waals surface area (Å²) in [5.74, 6) is 0.959. The molecule has 0 aliphatic rings. The van der Waals surface area contributed by atoms with Crippen LogP contribution in [0, 0.1) is 6.92 Å². The zero-order valence-corrected chi connectivity index (χ0v) is 16.8. The van der Waals surface area contributed by atoms with Crippen molar-refractivity contribution in [2.24, 2.45) is 0 Å². The Kier molecular flexibility index (Phi) is 7.11.